The Morgan fingerprint density at radius 3 is 2.11 bits per heavy atom. The smallest absolute Gasteiger partial charge is 0.0674 e. The van der Waals surface area contributed by atoms with Gasteiger partial charge >= 0.3 is 0 Å². The lowest BCUT2D eigenvalue weighted by Crippen LogP contribution is -2.34. The zero-order valence-corrected chi connectivity index (χ0v) is 13.3. The average molecular weight is 259 g/mol. The molecule has 0 aromatic rings. The molecule has 0 bridgehead atoms. The second-order valence-corrected chi connectivity index (χ2v) is 5.86. The third-order valence-corrected chi connectivity index (χ3v) is 3.53. The minimum Gasteiger partial charge on any atom is -0.375 e. The van der Waals surface area contributed by atoms with Crippen LogP contribution in [0.15, 0.2) is 0 Å². The van der Waals surface area contributed by atoms with Crippen LogP contribution in [0.1, 0.15) is 60.3 Å². The van der Waals surface area contributed by atoms with Gasteiger partial charge in [0.2, 0.25) is 0 Å². The highest BCUT2D eigenvalue weighted by Gasteiger charge is 2.24. The summed E-state index contributed by atoms with van der Waals surface area (Å²) >= 11 is 0. The van der Waals surface area contributed by atoms with Crippen LogP contribution in [0, 0.1) is 0 Å². The Morgan fingerprint density at radius 1 is 0.944 bits per heavy atom. The van der Waals surface area contributed by atoms with Crippen LogP contribution >= 0.6 is 0 Å². The Labute approximate surface area is 114 Å². The quantitative estimate of drug-likeness (QED) is 0.577. The first-order valence-electron chi connectivity index (χ1n) is 7.31. The van der Waals surface area contributed by atoms with Gasteiger partial charge in [-0.3, -0.25) is 0 Å². The molecule has 0 aromatic heterocycles. The van der Waals surface area contributed by atoms with Crippen LogP contribution in [0.4, 0.5) is 0 Å². The van der Waals surface area contributed by atoms with Crippen molar-refractivity contribution in [3.63, 3.8) is 0 Å². The standard InChI is InChI=1S/C15H33NO2/c1-7-9-14(3,4)17-12-10-15(5,8-2)18-13-11-16-6/h16H,7-13H2,1-6H3. The minimum absolute atomic E-state index is 0.00558. The molecule has 0 rings (SSSR count). The number of ether oxygens (including phenoxy) is 2. The van der Waals surface area contributed by atoms with Crippen molar-refractivity contribution in [3.8, 4) is 0 Å². The molecular formula is C15H33NO2. The average Bonchev–Trinajstić information content (AvgIpc) is 2.29. The third kappa shape index (κ3) is 8.06. The van der Waals surface area contributed by atoms with Gasteiger partial charge in [0, 0.05) is 6.54 Å². The molecule has 3 nitrogen and oxygen atoms in total. The third-order valence-electron chi connectivity index (χ3n) is 3.53. The van der Waals surface area contributed by atoms with Gasteiger partial charge in [-0.1, -0.05) is 20.3 Å². The highest BCUT2D eigenvalue weighted by Crippen LogP contribution is 2.23. The largest absolute Gasteiger partial charge is 0.375 e. The first kappa shape index (κ1) is 17.9. The molecule has 0 amide bonds. The molecule has 110 valence electrons. The predicted octanol–water partition coefficient (Wildman–Crippen LogP) is 3.38. The molecule has 0 radical (unpaired) electrons. The molecule has 0 aromatic carbocycles. The van der Waals surface area contributed by atoms with Crippen LogP contribution in [0.25, 0.3) is 0 Å². The van der Waals surface area contributed by atoms with Gasteiger partial charge in [-0.25, -0.2) is 0 Å². The van der Waals surface area contributed by atoms with Crippen LogP contribution in [0.3, 0.4) is 0 Å². The lowest BCUT2D eigenvalue weighted by molar-refractivity contribution is -0.0825. The Morgan fingerprint density at radius 2 is 1.61 bits per heavy atom. The highest BCUT2D eigenvalue weighted by atomic mass is 16.5. The maximum Gasteiger partial charge on any atom is 0.0674 e. The van der Waals surface area contributed by atoms with Gasteiger partial charge < -0.3 is 14.8 Å². The molecule has 0 fully saturated rings. The fourth-order valence-corrected chi connectivity index (χ4v) is 1.97. The molecule has 1 unspecified atom stereocenters. The van der Waals surface area contributed by atoms with Gasteiger partial charge in [0.15, 0.2) is 0 Å². The van der Waals surface area contributed by atoms with Crippen LogP contribution in [0.5, 0.6) is 0 Å². The minimum atomic E-state index is -0.0564. The van der Waals surface area contributed by atoms with Gasteiger partial charge in [0.25, 0.3) is 0 Å². The fraction of sp³-hybridized carbons (Fsp3) is 1.00. The molecule has 0 saturated carbocycles. The Balaban J connectivity index is 3.98. The van der Waals surface area contributed by atoms with Gasteiger partial charge in [-0.15, -0.1) is 0 Å². The fourth-order valence-electron chi connectivity index (χ4n) is 1.97. The molecule has 0 spiro atoms. The molecule has 0 saturated heterocycles. The van der Waals surface area contributed by atoms with Crippen LogP contribution in [-0.4, -0.2) is 38.0 Å². The van der Waals surface area contributed by atoms with E-state index in [1.54, 1.807) is 0 Å². The van der Waals surface area contributed by atoms with Crippen molar-refractivity contribution in [3.05, 3.63) is 0 Å². The normalized spacial score (nSPS) is 15.7. The molecule has 3 heteroatoms. The van der Waals surface area contributed by atoms with E-state index < -0.39 is 0 Å². The summed E-state index contributed by atoms with van der Waals surface area (Å²) in [7, 11) is 1.95. The highest BCUT2D eigenvalue weighted by molar-refractivity contribution is 4.75. The zero-order valence-electron chi connectivity index (χ0n) is 13.3. The first-order valence-corrected chi connectivity index (χ1v) is 7.31. The number of likely N-dealkylation sites (N-methyl/N-ethyl adjacent to an activating group) is 1. The maximum atomic E-state index is 5.98. The number of rotatable bonds is 11. The van der Waals surface area contributed by atoms with Crippen LogP contribution < -0.4 is 5.32 Å². The van der Waals surface area contributed by atoms with E-state index >= 15 is 0 Å². The van der Waals surface area contributed by atoms with Crippen molar-refractivity contribution in [1.29, 1.82) is 0 Å². The zero-order chi connectivity index (χ0) is 14.1. The summed E-state index contributed by atoms with van der Waals surface area (Å²) in [5, 5.41) is 3.11. The molecule has 18 heavy (non-hydrogen) atoms. The van der Waals surface area contributed by atoms with Crippen molar-refractivity contribution in [2.45, 2.75) is 71.5 Å². The van der Waals surface area contributed by atoms with Gasteiger partial charge in [0.05, 0.1) is 24.4 Å². The van der Waals surface area contributed by atoms with E-state index in [0.29, 0.717) is 0 Å². The molecular weight excluding hydrogens is 226 g/mol. The summed E-state index contributed by atoms with van der Waals surface area (Å²) < 4.78 is 11.9. The lowest BCUT2D eigenvalue weighted by Gasteiger charge is -2.31. The van der Waals surface area contributed by atoms with E-state index in [-0.39, 0.29) is 11.2 Å². The molecule has 1 N–H and O–H groups in total. The Kier molecular flexibility index (Phi) is 8.83. The van der Waals surface area contributed by atoms with Crippen LogP contribution in [0.2, 0.25) is 0 Å². The molecule has 0 aliphatic carbocycles. The predicted molar refractivity (Wildman–Crippen MR) is 78.1 cm³/mol. The maximum absolute atomic E-state index is 5.98. The Hall–Kier alpha value is -0.120. The Bertz CT molecular complexity index is 207. The molecule has 0 aliphatic rings. The molecule has 1 atom stereocenters. The van der Waals surface area contributed by atoms with Gasteiger partial charge in [-0.2, -0.15) is 0 Å². The molecule has 0 aliphatic heterocycles. The van der Waals surface area contributed by atoms with E-state index in [9.17, 15) is 0 Å². The van der Waals surface area contributed by atoms with Crippen molar-refractivity contribution >= 4 is 0 Å². The number of nitrogens with one attached hydrogen (secondary N) is 1. The first-order chi connectivity index (χ1) is 8.39. The van der Waals surface area contributed by atoms with Crippen LogP contribution in [-0.2, 0) is 9.47 Å². The second kappa shape index (κ2) is 8.89. The van der Waals surface area contributed by atoms with Crippen molar-refractivity contribution < 1.29 is 9.47 Å². The lowest BCUT2D eigenvalue weighted by atomic mass is 9.98. The topological polar surface area (TPSA) is 30.5 Å². The van der Waals surface area contributed by atoms with Crippen molar-refractivity contribution in [1.82, 2.24) is 5.32 Å². The van der Waals surface area contributed by atoms with E-state index in [1.807, 2.05) is 7.05 Å². The second-order valence-electron chi connectivity index (χ2n) is 5.86. The number of hydrogen-bond donors (Lipinski definition) is 1. The summed E-state index contributed by atoms with van der Waals surface area (Å²) in [5.41, 5.74) is -0.0620. The number of hydrogen-bond acceptors (Lipinski definition) is 3. The summed E-state index contributed by atoms with van der Waals surface area (Å²) in [6.45, 7) is 13.3. The SMILES string of the molecule is CCCC(C)(C)OCCC(C)(CC)OCCNC. The van der Waals surface area contributed by atoms with Crippen molar-refractivity contribution in [2.75, 3.05) is 26.8 Å². The summed E-state index contributed by atoms with van der Waals surface area (Å²) in [6.07, 6.45) is 4.25. The van der Waals surface area contributed by atoms with Crippen molar-refractivity contribution in [2.24, 2.45) is 0 Å². The van der Waals surface area contributed by atoms with Gasteiger partial charge in [-0.05, 0) is 47.1 Å². The van der Waals surface area contributed by atoms with Gasteiger partial charge in [0.1, 0.15) is 0 Å². The van der Waals surface area contributed by atoms with E-state index in [2.05, 4.69) is 39.9 Å². The van der Waals surface area contributed by atoms with E-state index in [4.69, 9.17) is 9.47 Å². The monoisotopic (exact) mass is 259 g/mol. The molecule has 0 heterocycles. The summed E-state index contributed by atoms with van der Waals surface area (Å²) in [5.74, 6) is 0. The van der Waals surface area contributed by atoms with E-state index in [0.717, 1.165) is 45.4 Å². The van der Waals surface area contributed by atoms with E-state index in [1.165, 1.54) is 0 Å². The summed E-state index contributed by atoms with van der Waals surface area (Å²) in [4.78, 5) is 0. The summed E-state index contributed by atoms with van der Waals surface area (Å²) in [6, 6.07) is 0.